The number of nitrogens with one attached hydrogen (secondary N) is 1. The van der Waals surface area contributed by atoms with Gasteiger partial charge in [-0.3, -0.25) is 4.98 Å². The van der Waals surface area contributed by atoms with Crippen LogP contribution in [0.4, 0.5) is 14.5 Å². The van der Waals surface area contributed by atoms with Gasteiger partial charge in [-0.2, -0.15) is 0 Å². The number of carbonyl (C=O) groups is 1. The van der Waals surface area contributed by atoms with Crippen LogP contribution in [0.25, 0.3) is 0 Å². The lowest BCUT2D eigenvalue weighted by Crippen LogP contribution is -2.42. The normalized spacial score (nSPS) is 13.3. The quantitative estimate of drug-likeness (QED) is 0.880. The summed E-state index contributed by atoms with van der Waals surface area (Å²) in [6, 6.07) is 8.43. The molecule has 0 aliphatic carbocycles. The van der Waals surface area contributed by atoms with Gasteiger partial charge in [-0.05, 0) is 31.2 Å². The van der Waals surface area contributed by atoms with Crippen LogP contribution in [0.3, 0.4) is 0 Å². The lowest BCUT2D eigenvalue weighted by atomic mass is 9.96. The number of hydrogen-bond donors (Lipinski definition) is 1. The predicted octanol–water partition coefficient (Wildman–Crippen LogP) is 2.86. The van der Waals surface area contributed by atoms with Crippen molar-refractivity contribution in [2.45, 2.75) is 12.5 Å². The molecule has 0 radical (unpaired) electrons. The van der Waals surface area contributed by atoms with Crippen molar-refractivity contribution in [1.82, 2.24) is 4.98 Å². The Labute approximate surface area is 120 Å². The largest absolute Gasteiger partial charge is 0.467 e. The predicted molar refractivity (Wildman–Crippen MR) is 73.6 cm³/mol. The van der Waals surface area contributed by atoms with Crippen molar-refractivity contribution in [2.75, 3.05) is 12.4 Å². The van der Waals surface area contributed by atoms with E-state index in [-0.39, 0.29) is 11.4 Å². The summed E-state index contributed by atoms with van der Waals surface area (Å²) in [6.07, 6.45) is 0.986. The molecule has 0 aliphatic heterocycles. The summed E-state index contributed by atoms with van der Waals surface area (Å²) in [4.78, 5) is 16.0. The number of para-hydroxylation sites is 1. The first-order chi connectivity index (χ1) is 9.97. The first-order valence-corrected chi connectivity index (χ1v) is 6.20. The van der Waals surface area contributed by atoms with Crippen LogP contribution in [0.15, 0.2) is 42.6 Å². The molecule has 0 amide bonds. The van der Waals surface area contributed by atoms with Gasteiger partial charge < -0.3 is 10.1 Å². The summed E-state index contributed by atoms with van der Waals surface area (Å²) >= 11 is 0. The summed E-state index contributed by atoms with van der Waals surface area (Å²) in [6.45, 7) is 1.49. The maximum absolute atomic E-state index is 13.8. The van der Waals surface area contributed by atoms with Gasteiger partial charge in [0.25, 0.3) is 0 Å². The summed E-state index contributed by atoms with van der Waals surface area (Å²) in [5.74, 6) is -1.71. The van der Waals surface area contributed by atoms with Gasteiger partial charge in [-0.15, -0.1) is 0 Å². The minimum atomic E-state index is -1.44. The van der Waals surface area contributed by atoms with E-state index in [1.807, 2.05) is 0 Å². The fourth-order valence-corrected chi connectivity index (χ4v) is 1.93. The van der Waals surface area contributed by atoms with Gasteiger partial charge in [0, 0.05) is 0 Å². The lowest BCUT2D eigenvalue weighted by Gasteiger charge is -2.28. The summed E-state index contributed by atoms with van der Waals surface area (Å²) in [5, 5.41) is 2.78. The van der Waals surface area contributed by atoms with E-state index in [4.69, 9.17) is 4.74 Å². The third kappa shape index (κ3) is 2.99. The minimum absolute atomic E-state index is 0.122. The molecule has 21 heavy (non-hydrogen) atoms. The van der Waals surface area contributed by atoms with Crippen molar-refractivity contribution in [3.63, 3.8) is 0 Å². The van der Waals surface area contributed by atoms with Gasteiger partial charge in [0.1, 0.15) is 11.6 Å². The Morgan fingerprint density at radius 3 is 2.52 bits per heavy atom. The number of ether oxygens (including phenoxy) is 1. The van der Waals surface area contributed by atoms with E-state index in [2.05, 4.69) is 10.3 Å². The second-order valence-electron chi connectivity index (χ2n) is 4.58. The highest BCUT2D eigenvalue weighted by atomic mass is 19.1. The fourth-order valence-electron chi connectivity index (χ4n) is 1.93. The number of carbonyl (C=O) groups excluding carboxylic acids is 1. The van der Waals surface area contributed by atoms with Gasteiger partial charge in [0.05, 0.1) is 24.7 Å². The molecule has 2 aromatic rings. The SMILES string of the molecule is COC(=O)C(C)(Nc1ccccc1F)c1ccc(F)cn1. The molecule has 1 aromatic carbocycles. The highest BCUT2D eigenvalue weighted by Gasteiger charge is 2.38. The Hall–Kier alpha value is -2.50. The molecular weight excluding hydrogens is 278 g/mol. The van der Waals surface area contributed by atoms with Crippen molar-refractivity contribution in [2.24, 2.45) is 0 Å². The van der Waals surface area contributed by atoms with Crippen molar-refractivity contribution in [3.05, 3.63) is 59.9 Å². The van der Waals surface area contributed by atoms with Crippen molar-refractivity contribution < 1.29 is 18.3 Å². The highest BCUT2D eigenvalue weighted by Crippen LogP contribution is 2.27. The molecular formula is C15H14F2N2O2. The number of halogens is 2. The first-order valence-electron chi connectivity index (χ1n) is 6.20. The number of esters is 1. The zero-order valence-electron chi connectivity index (χ0n) is 11.6. The smallest absolute Gasteiger partial charge is 0.337 e. The Balaban J connectivity index is 2.45. The van der Waals surface area contributed by atoms with Crippen LogP contribution in [-0.4, -0.2) is 18.1 Å². The number of rotatable bonds is 4. The van der Waals surface area contributed by atoms with Gasteiger partial charge in [0.2, 0.25) is 0 Å². The van der Waals surface area contributed by atoms with E-state index in [1.165, 1.54) is 44.4 Å². The standard InChI is InChI=1S/C15H14F2N2O2/c1-15(14(20)21-2,13-8-7-10(16)9-18-13)19-12-6-4-3-5-11(12)17/h3-9,19H,1-2H3. The van der Waals surface area contributed by atoms with Gasteiger partial charge >= 0.3 is 5.97 Å². The molecule has 1 atom stereocenters. The molecule has 1 unspecified atom stereocenters. The number of methoxy groups -OCH3 is 1. The molecule has 110 valence electrons. The Morgan fingerprint density at radius 2 is 1.95 bits per heavy atom. The Bertz CT molecular complexity index is 646. The minimum Gasteiger partial charge on any atom is -0.467 e. The fraction of sp³-hybridized carbons (Fsp3) is 0.200. The van der Waals surface area contributed by atoms with E-state index in [9.17, 15) is 13.6 Å². The van der Waals surface area contributed by atoms with Crippen molar-refractivity contribution in [1.29, 1.82) is 0 Å². The third-order valence-corrected chi connectivity index (χ3v) is 3.09. The second-order valence-corrected chi connectivity index (χ2v) is 4.58. The average molecular weight is 292 g/mol. The third-order valence-electron chi connectivity index (χ3n) is 3.09. The average Bonchev–Trinajstić information content (AvgIpc) is 2.49. The van der Waals surface area contributed by atoms with Gasteiger partial charge in [0.15, 0.2) is 5.54 Å². The molecule has 0 aliphatic rings. The Morgan fingerprint density at radius 1 is 1.24 bits per heavy atom. The first kappa shape index (κ1) is 14.9. The van der Waals surface area contributed by atoms with Crippen LogP contribution in [-0.2, 0) is 15.1 Å². The van der Waals surface area contributed by atoms with Crippen LogP contribution in [0.1, 0.15) is 12.6 Å². The van der Waals surface area contributed by atoms with E-state index in [1.54, 1.807) is 6.07 Å². The molecule has 0 spiro atoms. The van der Waals surface area contributed by atoms with E-state index in [0.29, 0.717) is 0 Å². The molecule has 0 saturated carbocycles. The number of anilines is 1. The Kier molecular flexibility index (Phi) is 4.16. The van der Waals surface area contributed by atoms with E-state index in [0.717, 1.165) is 6.20 Å². The second kappa shape index (κ2) is 5.87. The maximum Gasteiger partial charge on any atom is 0.337 e. The molecule has 0 saturated heterocycles. The zero-order chi connectivity index (χ0) is 15.5. The van der Waals surface area contributed by atoms with Crippen LogP contribution in [0, 0.1) is 11.6 Å². The molecule has 1 N–H and O–H groups in total. The number of hydrogen-bond acceptors (Lipinski definition) is 4. The van der Waals surface area contributed by atoms with Crippen LogP contribution in [0.2, 0.25) is 0 Å². The van der Waals surface area contributed by atoms with Crippen LogP contribution >= 0.6 is 0 Å². The summed E-state index contributed by atoms with van der Waals surface area (Å²) < 4.78 is 31.5. The maximum atomic E-state index is 13.8. The van der Waals surface area contributed by atoms with Crippen LogP contribution in [0.5, 0.6) is 0 Å². The van der Waals surface area contributed by atoms with E-state index < -0.39 is 23.1 Å². The molecule has 1 heterocycles. The summed E-state index contributed by atoms with van der Waals surface area (Å²) in [5.41, 5.74) is -1.10. The van der Waals surface area contributed by atoms with Crippen molar-refractivity contribution >= 4 is 11.7 Å². The molecule has 0 bridgehead atoms. The zero-order valence-corrected chi connectivity index (χ0v) is 11.6. The van der Waals surface area contributed by atoms with Gasteiger partial charge in [-0.1, -0.05) is 12.1 Å². The number of aromatic nitrogens is 1. The van der Waals surface area contributed by atoms with Gasteiger partial charge in [-0.25, -0.2) is 13.6 Å². The molecule has 6 heteroatoms. The number of benzene rings is 1. The number of pyridine rings is 1. The molecule has 1 aromatic heterocycles. The van der Waals surface area contributed by atoms with Crippen molar-refractivity contribution in [3.8, 4) is 0 Å². The molecule has 4 nitrogen and oxygen atoms in total. The lowest BCUT2D eigenvalue weighted by molar-refractivity contribution is -0.145. The topological polar surface area (TPSA) is 51.2 Å². The van der Waals surface area contributed by atoms with E-state index >= 15 is 0 Å². The van der Waals surface area contributed by atoms with Crippen LogP contribution < -0.4 is 5.32 Å². The molecule has 2 rings (SSSR count). The molecule has 0 fully saturated rings. The highest BCUT2D eigenvalue weighted by molar-refractivity contribution is 5.85. The number of nitrogens with zero attached hydrogens (tertiary/aromatic N) is 1. The monoisotopic (exact) mass is 292 g/mol. The summed E-state index contributed by atoms with van der Waals surface area (Å²) in [7, 11) is 1.22.